The summed E-state index contributed by atoms with van der Waals surface area (Å²) in [5.41, 5.74) is 1.38. The van der Waals surface area contributed by atoms with Crippen LogP contribution in [0.5, 0.6) is 5.88 Å². The molecule has 134 valence electrons. The fourth-order valence-electron chi connectivity index (χ4n) is 4.17. The monoisotopic (exact) mass is 361 g/mol. The van der Waals surface area contributed by atoms with Gasteiger partial charge in [-0.3, -0.25) is 0 Å². The second-order valence-electron chi connectivity index (χ2n) is 6.83. The first-order chi connectivity index (χ1) is 12.2. The van der Waals surface area contributed by atoms with Gasteiger partial charge in [-0.1, -0.05) is 0 Å². The third kappa shape index (κ3) is 3.05. The molecule has 0 spiro atoms. The van der Waals surface area contributed by atoms with E-state index in [9.17, 15) is 9.90 Å². The molecule has 2 aliphatic rings. The van der Waals surface area contributed by atoms with Gasteiger partial charge < -0.3 is 14.7 Å². The molecule has 0 unspecified atom stereocenters. The Kier molecular flexibility index (Phi) is 4.50. The second kappa shape index (κ2) is 6.78. The van der Waals surface area contributed by atoms with Crippen molar-refractivity contribution in [3.63, 3.8) is 0 Å². The smallest absolute Gasteiger partial charge is 0.407 e. The molecule has 1 N–H and O–H groups in total. The van der Waals surface area contributed by atoms with E-state index in [1.54, 1.807) is 22.6 Å². The summed E-state index contributed by atoms with van der Waals surface area (Å²) in [5, 5.41) is 10.4. The van der Waals surface area contributed by atoms with Gasteiger partial charge in [0, 0.05) is 17.5 Å². The van der Waals surface area contributed by atoms with Crippen molar-refractivity contribution in [2.45, 2.75) is 64.0 Å². The minimum Gasteiger partial charge on any atom is -0.474 e. The van der Waals surface area contributed by atoms with Crippen LogP contribution in [0.25, 0.3) is 10.2 Å². The average molecular weight is 361 g/mol. The van der Waals surface area contributed by atoms with Crippen molar-refractivity contribution in [2.24, 2.45) is 0 Å². The fourth-order valence-corrected chi connectivity index (χ4v) is 5.39. The minimum atomic E-state index is -0.821. The first-order valence-electron chi connectivity index (χ1n) is 9.08. The lowest BCUT2D eigenvalue weighted by atomic mass is 9.92. The predicted molar refractivity (Wildman–Crippen MR) is 96.5 cm³/mol. The number of rotatable bonds is 4. The molecule has 4 rings (SSSR count). The van der Waals surface area contributed by atoms with Gasteiger partial charge in [0.25, 0.3) is 0 Å². The molecule has 2 aromatic rings. The maximum Gasteiger partial charge on any atom is 0.407 e. The third-order valence-corrected chi connectivity index (χ3v) is 6.62. The summed E-state index contributed by atoms with van der Waals surface area (Å²) < 4.78 is 6.26. The zero-order valence-corrected chi connectivity index (χ0v) is 15.2. The number of nitrogens with zero attached hydrogens (tertiary/aromatic N) is 3. The number of fused-ring (bicyclic) bond motifs is 3. The molecule has 6 nitrogen and oxygen atoms in total. The van der Waals surface area contributed by atoms with Crippen LogP contribution < -0.4 is 4.74 Å². The van der Waals surface area contributed by atoms with Crippen molar-refractivity contribution in [3.8, 4) is 5.88 Å². The molecule has 1 saturated carbocycles. The number of hydrogen-bond acceptors (Lipinski definition) is 5. The number of carbonyl (C=O) groups is 1. The van der Waals surface area contributed by atoms with Gasteiger partial charge in [0.2, 0.25) is 5.88 Å². The first kappa shape index (κ1) is 16.6. The molecule has 2 aliphatic carbocycles. The van der Waals surface area contributed by atoms with E-state index in [2.05, 4.69) is 9.97 Å². The van der Waals surface area contributed by atoms with Gasteiger partial charge in [0.1, 0.15) is 17.3 Å². The van der Waals surface area contributed by atoms with E-state index in [-0.39, 0.29) is 12.1 Å². The lowest BCUT2D eigenvalue weighted by Crippen LogP contribution is -2.42. The van der Waals surface area contributed by atoms with E-state index in [4.69, 9.17) is 4.74 Å². The van der Waals surface area contributed by atoms with Crippen molar-refractivity contribution in [2.75, 3.05) is 6.54 Å². The molecule has 2 aromatic heterocycles. The Morgan fingerprint density at radius 3 is 2.84 bits per heavy atom. The molecule has 2 heterocycles. The second-order valence-corrected chi connectivity index (χ2v) is 7.92. The zero-order valence-electron chi connectivity index (χ0n) is 14.4. The number of hydrogen-bond donors (Lipinski definition) is 1. The van der Waals surface area contributed by atoms with Crippen LogP contribution in [0.15, 0.2) is 6.33 Å². The molecule has 25 heavy (non-hydrogen) atoms. The van der Waals surface area contributed by atoms with Gasteiger partial charge in [-0.05, 0) is 57.4 Å². The summed E-state index contributed by atoms with van der Waals surface area (Å²) in [7, 11) is 0. The summed E-state index contributed by atoms with van der Waals surface area (Å²) in [6.07, 6.45) is 7.76. The van der Waals surface area contributed by atoms with Gasteiger partial charge in [-0.25, -0.2) is 14.8 Å². The SMILES string of the molecule is CCN(C(=O)O)[C@H]1CC[C@H](Oc2ncnc3sc4c(c23)CCC4)CC1. The van der Waals surface area contributed by atoms with Gasteiger partial charge >= 0.3 is 6.09 Å². The highest BCUT2D eigenvalue weighted by Crippen LogP contribution is 2.40. The van der Waals surface area contributed by atoms with E-state index in [0.29, 0.717) is 6.54 Å². The van der Waals surface area contributed by atoms with Crippen LogP contribution in [0, 0.1) is 0 Å². The van der Waals surface area contributed by atoms with Gasteiger partial charge in [0.15, 0.2) is 0 Å². The largest absolute Gasteiger partial charge is 0.474 e. The number of ether oxygens (including phenoxy) is 1. The number of amides is 1. The van der Waals surface area contributed by atoms with Gasteiger partial charge in [0.05, 0.1) is 5.39 Å². The Balaban J connectivity index is 1.47. The Bertz CT molecular complexity index is 783. The van der Waals surface area contributed by atoms with Gasteiger partial charge in [-0.15, -0.1) is 11.3 Å². The van der Waals surface area contributed by atoms with Crippen molar-refractivity contribution >= 4 is 27.6 Å². The summed E-state index contributed by atoms with van der Waals surface area (Å²) in [6, 6.07) is 0.109. The van der Waals surface area contributed by atoms with Crippen molar-refractivity contribution < 1.29 is 14.6 Å². The average Bonchev–Trinajstić information content (AvgIpc) is 3.18. The number of carboxylic acid groups (broad SMARTS) is 1. The highest BCUT2D eigenvalue weighted by atomic mass is 32.1. The summed E-state index contributed by atoms with van der Waals surface area (Å²) >= 11 is 1.77. The van der Waals surface area contributed by atoms with Crippen LogP contribution in [-0.2, 0) is 12.8 Å². The number of aromatic nitrogens is 2. The molecule has 0 atom stereocenters. The van der Waals surface area contributed by atoms with Crippen molar-refractivity contribution in [1.29, 1.82) is 0 Å². The summed E-state index contributed by atoms with van der Waals surface area (Å²) in [4.78, 5) is 24.2. The normalized spacial score (nSPS) is 22.8. The summed E-state index contributed by atoms with van der Waals surface area (Å²) in [5.74, 6) is 0.721. The predicted octanol–water partition coefficient (Wildman–Crippen LogP) is 3.87. The fraction of sp³-hybridized carbons (Fsp3) is 0.611. The first-order valence-corrected chi connectivity index (χ1v) is 9.90. The van der Waals surface area contributed by atoms with Crippen LogP contribution in [0.1, 0.15) is 49.5 Å². The van der Waals surface area contributed by atoms with Crippen LogP contribution in [0.4, 0.5) is 4.79 Å². The Hall–Kier alpha value is -1.89. The van der Waals surface area contributed by atoms with Crippen LogP contribution >= 0.6 is 11.3 Å². The van der Waals surface area contributed by atoms with Crippen LogP contribution in [-0.4, -0.2) is 44.8 Å². The lowest BCUT2D eigenvalue weighted by Gasteiger charge is -2.34. The van der Waals surface area contributed by atoms with E-state index in [0.717, 1.165) is 54.6 Å². The van der Waals surface area contributed by atoms with Crippen molar-refractivity contribution in [1.82, 2.24) is 14.9 Å². The molecular formula is C18H23N3O3S. The maximum atomic E-state index is 11.3. The molecule has 0 saturated heterocycles. The minimum absolute atomic E-state index is 0.109. The molecule has 7 heteroatoms. The standard InChI is InChI=1S/C18H23N3O3S/c1-2-21(18(22)23)11-6-8-12(9-7-11)24-16-15-13-4-3-5-14(13)25-17(15)20-10-19-16/h10-12H,2-9H2,1H3,(H,22,23)/t11-,12-. The van der Waals surface area contributed by atoms with Crippen molar-refractivity contribution in [3.05, 3.63) is 16.8 Å². The lowest BCUT2D eigenvalue weighted by molar-refractivity contribution is 0.0803. The highest BCUT2D eigenvalue weighted by molar-refractivity contribution is 7.18. The van der Waals surface area contributed by atoms with E-state index >= 15 is 0 Å². The Labute approximate surface area is 150 Å². The molecule has 1 fully saturated rings. The zero-order chi connectivity index (χ0) is 17.4. The van der Waals surface area contributed by atoms with Crippen LogP contribution in [0.3, 0.4) is 0 Å². The maximum absolute atomic E-state index is 11.3. The number of aryl methyl sites for hydroxylation is 2. The molecule has 0 aromatic carbocycles. The van der Waals surface area contributed by atoms with Gasteiger partial charge in [-0.2, -0.15) is 0 Å². The topological polar surface area (TPSA) is 75.6 Å². The van der Waals surface area contributed by atoms with E-state index in [1.807, 2.05) is 6.92 Å². The van der Waals surface area contributed by atoms with E-state index < -0.39 is 6.09 Å². The van der Waals surface area contributed by atoms with Crippen LogP contribution in [0.2, 0.25) is 0 Å². The van der Waals surface area contributed by atoms with E-state index in [1.165, 1.54) is 16.9 Å². The highest BCUT2D eigenvalue weighted by Gasteiger charge is 2.30. The quantitative estimate of drug-likeness (QED) is 0.895. The summed E-state index contributed by atoms with van der Waals surface area (Å²) in [6.45, 7) is 2.44. The molecule has 0 aliphatic heterocycles. The Morgan fingerprint density at radius 2 is 2.12 bits per heavy atom. The Morgan fingerprint density at radius 1 is 1.32 bits per heavy atom. The molecule has 1 amide bonds. The number of thiophene rings is 1. The third-order valence-electron chi connectivity index (χ3n) is 5.42. The molecular weight excluding hydrogens is 338 g/mol. The molecule has 0 bridgehead atoms. The molecule has 0 radical (unpaired) electrons.